The van der Waals surface area contributed by atoms with E-state index in [0.29, 0.717) is 29.7 Å². The highest BCUT2D eigenvalue weighted by Crippen LogP contribution is 2.17. The predicted octanol–water partition coefficient (Wildman–Crippen LogP) is 2.13. The number of morpholine rings is 1. The highest BCUT2D eigenvalue weighted by Gasteiger charge is 2.13. The van der Waals surface area contributed by atoms with E-state index in [1.165, 1.54) is 0 Å². The lowest BCUT2D eigenvalue weighted by Crippen LogP contribution is -2.39. The van der Waals surface area contributed by atoms with E-state index in [0.717, 1.165) is 18.9 Å². The van der Waals surface area contributed by atoms with Crippen molar-refractivity contribution in [1.82, 2.24) is 10.2 Å². The molecular weight excluding hydrogens is 290 g/mol. The lowest BCUT2D eigenvalue weighted by Gasteiger charge is -2.30. The van der Waals surface area contributed by atoms with Crippen molar-refractivity contribution in [2.45, 2.75) is 0 Å². The fraction of sp³-hybridized carbons (Fsp3) is 0.400. The van der Waals surface area contributed by atoms with E-state index in [9.17, 15) is 0 Å². The van der Waals surface area contributed by atoms with E-state index in [1.807, 2.05) is 19.2 Å². The highest BCUT2D eigenvalue weighted by atomic mass is 35.5. The zero-order valence-corrected chi connectivity index (χ0v) is 12.8. The van der Waals surface area contributed by atoms with E-state index in [2.05, 4.69) is 10.2 Å². The summed E-state index contributed by atoms with van der Waals surface area (Å²) < 4.78 is 10.9. The number of ether oxygens (including phenoxy) is 2. The van der Waals surface area contributed by atoms with Crippen LogP contribution in [0.1, 0.15) is 0 Å². The molecule has 5 nitrogen and oxygen atoms in total. The van der Waals surface area contributed by atoms with Gasteiger partial charge in [0.1, 0.15) is 18.2 Å². The molecule has 114 valence electrons. The van der Waals surface area contributed by atoms with Crippen LogP contribution in [0.3, 0.4) is 0 Å². The van der Waals surface area contributed by atoms with Crippen molar-refractivity contribution in [2.24, 2.45) is 0 Å². The maximum atomic E-state index is 8.01. The Morgan fingerprint density at radius 1 is 1.48 bits per heavy atom. The first-order valence-corrected chi connectivity index (χ1v) is 7.25. The van der Waals surface area contributed by atoms with Crippen molar-refractivity contribution in [2.75, 3.05) is 40.0 Å². The standard InChI is InChI=1S/C15H20ClN3O2/c1-18-15(19-5-7-20-8-6-19)10-13(17)11-21-14-4-2-3-12(16)9-14/h2-4,9-10,17-18H,5-8,11H2,1H3/b15-10+,17-13?. The van der Waals surface area contributed by atoms with Crippen LogP contribution in [0.25, 0.3) is 0 Å². The molecule has 6 heteroatoms. The van der Waals surface area contributed by atoms with E-state index in [4.69, 9.17) is 26.5 Å². The van der Waals surface area contributed by atoms with Gasteiger partial charge in [-0.2, -0.15) is 0 Å². The van der Waals surface area contributed by atoms with Crippen LogP contribution in [-0.2, 0) is 4.74 Å². The Kier molecular flexibility index (Phi) is 5.90. The normalized spacial score (nSPS) is 15.7. The molecule has 0 unspecified atom stereocenters. The zero-order chi connectivity index (χ0) is 15.1. The van der Waals surface area contributed by atoms with Crippen LogP contribution in [0.2, 0.25) is 5.02 Å². The molecule has 0 spiro atoms. The molecule has 21 heavy (non-hydrogen) atoms. The molecule has 0 aliphatic carbocycles. The molecule has 1 heterocycles. The summed E-state index contributed by atoms with van der Waals surface area (Å²) in [5, 5.41) is 11.8. The Hall–Kier alpha value is -1.72. The van der Waals surface area contributed by atoms with Gasteiger partial charge in [0.05, 0.1) is 18.9 Å². The molecule has 2 rings (SSSR count). The van der Waals surface area contributed by atoms with Gasteiger partial charge in [-0.25, -0.2) is 0 Å². The van der Waals surface area contributed by atoms with Crippen molar-refractivity contribution in [3.8, 4) is 5.75 Å². The SMILES string of the molecule is CN/C(=C\C(=N)COc1cccc(Cl)c1)N1CCOCC1. The van der Waals surface area contributed by atoms with Crippen LogP contribution in [0, 0.1) is 5.41 Å². The maximum Gasteiger partial charge on any atom is 0.130 e. The van der Waals surface area contributed by atoms with Crippen molar-refractivity contribution in [3.05, 3.63) is 41.2 Å². The predicted molar refractivity (Wildman–Crippen MR) is 84.2 cm³/mol. The number of halogens is 1. The van der Waals surface area contributed by atoms with Gasteiger partial charge >= 0.3 is 0 Å². The minimum atomic E-state index is 0.204. The maximum absolute atomic E-state index is 8.01. The summed E-state index contributed by atoms with van der Waals surface area (Å²) in [6.45, 7) is 3.29. The lowest BCUT2D eigenvalue weighted by atomic mass is 10.3. The first-order valence-electron chi connectivity index (χ1n) is 6.87. The van der Waals surface area contributed by atoms with Crippen LogP contribution < -0.4 is 10.1 Å². The van der Waals surface area contributed by atoms with Gasteiger partial charge < -0.3 is 25.1 Å². The van der Waals surface area contributed by atoms with Crippen LogP contribution >= 0.6 is 11.6 Å². The molecule has 0 bridgehead atoms. The Morgan fingerprint density at radius 2 is 2.24 bits per heavy atom. The van der Waals surface area contributed by atoms with Gasteiger partial charge in [-0.3, -0.25) is 0 Å². The third-order valence-corrected chi connectivity index (χ3v) is 3.34. The zero-order valence-electron chi connectivity index (χ0n) is 12.1. The molecule has 1 aliphatic heterocycles. The van der Waals surface area contributed by atoms with Crippen LogP contribution in [-0.4, -0.2) is 50.6 Å². The quantitative estimate of drug-likeness (QED) is 0.791. The Bertz CT molecular complexity index is 513. The molecule has 1 saturated heterocycles. The monoisotopic (exact) mass is 309 g/mol. The fourth-order valence-corrected chi connectivity index (χ4v) is 2.23. The molecule has 0 radical (unpaired) electrons. The molecule has 0 aromatic heterocycles. The highest BCUT2D eigenvalue weighted by molar-refractivity contribution is 6.30. The van der Waals surface area contributed by atoms with Gasteiger partial charge in [0.2, 0.25) is 0 Å². The van der Waals surface area contributed by atoms with Gasteiger partial charge in [0.25, 0.3) is 0 Å². The summed E-state index contributed by atoms with van der Waals surface area (Å²) in [6.07, 6.45) is 1.79. The van der Waals surface area contributed by atoms with Crippen molar-refractivity contribution in [3.63, 3.8) is 0 Å². The number of nitrogens with zero attached hydrogens (tertiary/aromatic N) is 1. The van der Waals surface area contributed by atoms with E-state index in [-0.39, 0.29) is 6.61 Å². The molecule has 1 aromatic carbocycles. The summed E-state index contributed by atoms with van der Waals surface area (Å²) in [4.78, 5) is 2.16. The lowest BCUT2D eigenvalue weighted by molar-refractivity contribution is 0.0509. The summed E-state index contributed by atoms with van der Waals surface area (Å²) in [5.74, 6) is 1.58. The third kappa shape index (κ3) is 4.95. The first kappa shape index (κ1) is 15.7. The molecule has 1 fully saturated rings. The Morgan fingerprint density at radius 3 is 2.90 bits per heavy atom. The molecule has 2 N–H and O–H groups in total. The van der Waals surface area contributed by atoms with E-state index < -0.39 is 0 Å². The van der Waals surface area contributed by atoms with Crippen molar-refractivity contribution in [1.29, 1.82) is 5.41 Å². The Balaban J connectivity index is 1.90. The average molecular weight is 310 g/mol. The first-order chi connectivity index (χ1) is 10.2. The summed E-state index contributed by atoms with van der Waals surface area (Å²) in [7, 11) is 1.85. The number of hydrogen-bond acceptors (Lipinski definition) is 5. The smallest absolute Gasteiger partial charge is 0.130 e. The van der Waals surface area contributed by atoms with E-state index >= 15 is 0 Å². The van der Waals surface area contributed by atoms with Gasteiger partial charge in [0, 0.05) is 31.2 Å². The molecule has 0 atom stereocenters. The van der Waals surface area contributed by atoms with Crippen molar-refractivity contribution >= 4 is 17.3 Å². The molecule has 1 aliphatic rings. The number of benzene rings is 1. The fourth-order valence-electron chi connectivity index (χ4n) is 2.05. The molecule has 1 aromatic rings. The second-order valence-corrected chi connectivity index (χ2v) is 5.09. The summed E-state index contributed by atoms with van der Waals surface area (Å²) in [6, 6.07) is 7.17. The topological polar surface area (TPSA) is 57.6 Å². The summed E-state index contributed by atoms with van der Waals surface area (Å²) >= 11 is 5.89. The second kappa shape index (κ2) is 7.90. The van der Waals surface area contributed by atoms with Crippen molar-refractivity contribution < 1.29 is 9.47 Å². The average Bonchev–Trinajstić information content (AvgIpc) is 2.51. The van der Waals surface area contributed by atoms with Gasteiger partial charge in [-0.1, -0.05) is 17.7 Å². The van der Waals surface area contributed by atoms with Crippen LogP contribution in [0.15, 0.2) is 36.2 Å². The molecule has 0 saturated carbocycles. The minimum absolute atomic E-state index is 0.204. The van der Waals surface area contributed by atoms with Gasteiger partial charge in [-0.15, -0.1) is 0 Å². The largest absolute Gasteiger partial charge is 0.487 e. The Labute approximate surface area is 130 Å². The summed E-state index contributed by atoms with van der Waals surface area (Å²) in [5.41, 5.74) is 0.394. The number of hydrogen-bond donors (Lipinski definition) is 2. The van der Waals surface area contributed by atoms with Crippen LogP contribution in [0.5, 0.6) is 5.75 Å². The third-order valence-electron chi connectivity index (χ3n) is 3.11. The van der Waals surface area contributed by atoms with Crippen LogP contribution in [0.4, 0.5) is 0 Å². The molecule has 0 amide bonds. The van der Waals surface area contributed by atoms with Gasteiger partial charge in [0.15, 0.2) is 0 Å². The number of rotatable bonds is 6. The second-order valence-electron chi connectivity index (χ2n) is 4.65. The van der Waals surface area contributed by atoms with Gasteiger partial charge in [-0.05, 0) is 18.2 Å². The molecular formula is C15H20ClN3O2. The minimum Gasteiger partial charge on any atom is -0.487 e. The van der Waals surface area contributed by atoms with E-state index in [1.54, 1.807) is 18.2 Å². The number of nitrogens with one attached hydrogen (secondary N) is 2.